The molecule has 1 aromatic rings. The highest BCUT2D eigenvalue weighted by Gasteiger charge is 2.17. The molecule has 17 heavy (non-hydrogen) atoms. The fourth-order valence-corrected chi connectivity index (χ4v) is 1.97. The van der Waals surface area contributed by atoms with Crippen LogP contribution in [-0.2, 0) is 6.61 Å². The Morgan fingerprint density at radius 3 is 2.53 bits per heavy atom. The molecule has 0 bridgehead atoms. The Morgan fingerprint density at radius 2 is 1.88 bits per heavy atom. The molecule has 0 unspecified atom stereocenters. The van der Waals surface area contributed by atoms with Gasteiger partial charge in [0.25, 0.3) is 0 Å². The van der Waals surface area contributed by atoms with Gasteiger partial charge in [0, 0.05) is 32.7 Å². The van der Waals surface area contributed by atoms with Gasteiger partial charge in [-0.15, -0.1) is 0 Å². The zero-order chi connectivity index (χ0) is 12.1. The van der Waals surface area contributed by atoms with E-state index in [0.717, 1.165) is 38.5 Å². The van der Waals surface area contributed by atoms with Crippen molar-refractivity contribution >= 4 is 5.82 Å². The maximum Gasteiger partial charge on any atom is 0.147 e. The molecule has 1 aliphatic heterocycles. The number of rotatable bonds is 4. The van der Waals surface area contributed by atoms with Crippen LogP contribution >= 0.6 is 0 Å². The summed E-state index contributed by atoms with van der Waals surface area (Å²) in [5, 5.41) is 17.9. The average Bonchev–Trinajstić information content (AvgIpc) is 2.40. The van der Waals surface area contributed by atoms with E-state index in [0.29, 0.717) is 5.69 Å². The van der Waals surface area contributed by atoms with Gasteiger partial charge in [-0.25, -0.2) is 4.98 Å². The van der Waals surface area contributed by atoms with Crippen molar-refractivity contribution in [1.82, 2.24) is 14.9 Å². The fourth-order valence-electron chi connectivity index (χ4n) is 1.97. The topological polar surface area (TPSA) is 72.7 Å². The minimum Gasteiger partial charge on any atom is -0.395 e. The van der Waals surface area contributed by atoms with Crippen molar-refractivity contribution in [3.63, 3.8) is 0 Å². The van der Waals surface area contributed by atoms with E-state index < -0.39 is 0 Å². The fraction of sp³-hybridized carbons (Fsp3) is 0.636. The molecular formula is C11H18N4O2. The number of hydrogen-bond acceptors (Lipinski definition) is 6. The Kier molecular flexibility index (Phi) is 4.24. The van der Waals surface area contributed by atoms with Crippen molar-refractivity contribution in [3.05, 3.63) is 18.1 Å². The number of hydrogen-bond donors (Lipinski definition) is 2. The van der Waals surface area contributed by atoms with Crippen LogP contribution in [0.25, 0.3) is 0 Å². The number of aliphatic hydroxyl groups excluding tert-OH is 2. The van der Waals surface area contributed by atoms with Crippen LogP contribution < -0.4 is 4.90 Å². The quantitative estimate of drug-likeness (QED) is 0.707. The highest BCUT2D eigenvalue weighted by molar-refractivity contribution is 5.36. The summed E-state index contributed by atoms with van der Waals surface area (Å²) in [5.74, 6) is 0.820. The van der Waals surface area contributed by atoms with Crippen molar-refractivity contribution in [1.29, 1.82) is 0 Å². The standard InChI is InChI=1S/C11H18N4O2/c16-6-5-14-1-3-15(4-2-14)11-8-12-7-10(9-17)13-11/h7-8,16-17H,1-6,9H2. The van der Waals surface area contributed by atoms with Gasteiger partial charge in [0.15, 0.2) is 0 Å². The van der Waals surface area contributed by atoms with Crippen molar-refractivity contribution in [2.45, 2.75) is 6.61 Å². The highest BCUT2D eigenvalue weighted by Crippen LogP contribution is 2.12. The number of piperazine rings is 1. The van der Waals surface area contributed by atoms with Crippen LogP contribution in [0.15, 0.2) is 12.4 Å². The second-order valence-electron chi connectivity index (χ2n) is 4.08. The van der Waals surface area contributed by atoms with E-state index in [-0.39, 0.29) is 13.2 Å². The van der Waals surface area contributed by atoms with Gasteiger partial charge in [0.1, 0.15) is 5.82 Å². The predicted molar refractivity (Wildman–Crippen MR) is 63.7 cm³/mol. The second kappa shape index (κ2) is 5.90. The second-order valence-corrected chi connectivity index (χ2v) is 4.08. The molecule has 0 aromatic carbocycles. The Bertz CT molecular complexity index is 353. The lowest BCUT2D eigenvalue weighted by molar-refractivity contribution is 0.188. The maximum atomic E-state index is 9.02. The molecule has 0 radical (unpaired) electrons. The van der Waals surface area contributed by atoms with Crippen LogP contribution in [0.1, 0.15) is 5.69 Å². The van der Waals surface area contributed by atoms with Crippen molar-refractivity contribution in [2.75, 3.05) is 44.2 Å². The molecular weight excluding hydrogens is 220 g/mol. The van der Waals surface area contributed by atoms with Crippen LogP contribution in [0, 0.1) is 0 Å². The lowest BCUT2D eigenvalue weighted by atomic mass is 10.3. The zero-order valence-corrected chi connectivity index (χ0v) is 9.79. The predicted octanol–water partition coefficient (Wildman–Crippen LogP) is -0.917. The van der Waals surface area contributed by atoms with E-state index in [4.69, 9.17) is 10.2 Å². The molecule has 1 fully saturated rings. The van der Waals surface area contributed by atoms with E-state index >= 15 is 0 Å². The normalized spacial score (nSPS) is 17.4. The molecule has 6 nitrogen and oxygen atoms in total. The molecule has 6 heteroatoms. The molecule has 1 aliphatic rings. The monoisotopic (exact) mass is 238 g/mol. The third-order valence-electron chi connectivity index (χ3n) is 2.95. The summed E-state index contributed by atoms with van der Waals surface area (Å²) in [6, 6.07) is 0. The number of nitrogens with zero attached hydrogens (tertiary/aromatic N) is 4. The molecule has 2 heterocycles. The third-order valence-corrected chi connectivity index (χ3v) is 2.95. The van der Waals surface area contributed by atoms with Gasteiger partial charge >= 0.3 is 0 Å². The summed E-state index contributed by atoms with van der Waals surface area (Å²) in [5.41, 5.74) is 0.597. The summed E-state index contributed by atoms with van der Waals surface area (Å²) in [6.07, 6.45) is 3.30. The molecule has 0 aliphatic carbocycles. The van der Waals surface area contributed by atoms with E-state index in [9.17, 15) is 0 Å². The first-order chi connectivity index (χ1) is 8.33. The van der Waals surface area contributed by atoms with Crippen LogP contribution in [0.5, 0.6) is 0 Å². The molecule has 0 saturated carbocycles. The lowest BCUT2D eigenvalue weighted by Gasteiger charge is -2.34. The molecule has 1 saturated heterocycles. The Hall–Kier alpha value is -1.24. The van der Waals surface area contributed by atoms with E-state index in [1.54, 1.807) is 12.4 Å². The Morgan fingerprint density at radius 1 is 1.12 bits per heavy atom. The van der Waals surface area contributed by atoms with Crippen molar-refractivity contribution < 1.29 is 10.2 Å². The smallest absolute Gasteiger partial charge is 0.147 e. The van der Waals surface area contributed by atoms with E-state index in [1.165, 1.54) is 0 Å². The van der Waals surface area contributed by atoms with Gasteiger partial charge in [-0.2, -0.15) is 0 Å². The molecule has 94 valence electrons. The average molecular weight is 238 g/mol. The van der Waals surface area contributed by atoms with Gasteiger partial charge in [-0.05, 0) is 0 Å². The summed E-state index contributed by atoms with van der Waals surface area (Å²) < 4.78 is 0. The Balaban J connectivity index is 1.95. The maximum absolute atomic E-state index is 9.02. The van der Waals surface area contributed by atoms with Gasteiger partial charge in [0.05, 0.1) is 31.3 Å². The first-order valence-corrected chi connectivity index (χ1v) is 5.83. The molecule has 2 N–H and O–H groups in total. The number of anilines is 1. The minimum atomic E-state index is -0.0781. The molecule has 2 rings (SSSR count). The van der Waals surface area contributed by atoms with Crippen LogP contribution in [-0.4, -0.2) is 64.4 Å². The van der Waals surface area contributed by atoms with Crippen LogP contribution in [0.3, 0.4) is 0 Å². The van der Waals surface area contributed by atoms with Gasteiger partial charge < -0.3 is 15.1 Å². The summed E-state index contributed by atoms with van der Waals surface area (Å²) >= 11 is 0. The van der Waals surface area contributed by atoms with Crippen molar-refractivity contribution in [2.24, 2.45) is 0 Å². The molecule has 0 atom stereocenters. The number of aliphatic hydroxyl groups is 2. The molecule has 0 amide bonds. The minimum absolute atomic E-state index is 0.0781. The van der Waals surface area contributed by atoms with E-state index in [2.05, 4.69) is 19.8 Å². The zero-order valence-electron chi connectivity index (χ0n) is 9.79. The highest BCUT2D eigenvalue weighted by atomic mass is 16.3. The van der Waals surface area contributed by atoms with Crippen LogP contribution in [0.2, 0.25) is 0 Å². The first kappa shape index (κ1) is 12.2. The van der Waals surface area contributed by atoms with Gasteiger partial charge in [-0.1, -0.05) is 0 Å². The largest absolute Gasteiger partial charge is 0.395 e. The summed E-state index contributed by atoms with van der Waals surface area (Å²) in [4.78, 5) is 12.8. The number of β-amino-alcohol motifs (C(OH)–C–C–N with tert-alkyl or cyclic N) is 1. The van der Waals surface area contributed by atoms with Crippen molar-refractivity contribution in [3.8, 4) is 0 Å². The molecule has 0 spiro atoms. The first-order valence-electron chi connectivity index (χ1n) is 5.83. The van der Waals surface area contributed by atoms with Crippen LogP contribution in [0.4, 0.5) is 5.82 Å². The molecule has 1 aromatic heterocycles. The number of aromatic nitrogens is 2. The Labute approximate surface area is 101 Å². The summed E-state index contributed by atoms with van der Waals surface area (Å²) in [7, 11) is 0. The lowest BCUT2D eigenvalue weighted by Crippen LogP contribution is -2.47. The van der Waals surface area contributed by atoms with Gasteiger partial charge in [-0.3, -0.25) is 9.88 Å². The van der Waals surface area contributed by atoms with Gasteiger partial charge in [0.2, 0.25) is 0 Å². The van der Waals surface area contributed by atoms with E-state index in [1.807, 2.05) is 0 Å². The summed E-state index contributed by atoms with van der Waals surface area (Å²) in [6.45, 7) is 4.46. The third kappa shape index (κ3) is 3.12. The SMILES string of the molecule is OCCN1CCN(c2cncc(CO)n2)CC1.